The number of hydrogen-bond donors (Lipinski definition) is 3. The first-order valence-electron chi connectivity index (χ1n) is 6.08. The van der Waals surface area contributed by atoms with Gasteiger partial charge >= 0.3 is 0 Å². The Bertz CT molecular complexity index is 455. The van der Waals surface area contributed by atoms with Gasteiger partial charge in [0.2, 0.25) is 0 Å². The Morgan fingerprint density at radius 1 is 1.61 bits per heavy atom. The van der Waals surface area contributed by atoms with Crippen LogP contribution in [0.1, 0.15) is 28.9 Å². The minimum Gasteiger partial charge on any atom is -0.382 e. The van der Waals surface area contributed by atoms with Gasteiger partial charge in [0.15, 0.2) is 5.13 Å². The highest BCUT2D eigenvalue weighted by molar-refractivity contribution is 7.18. The zero-order valence-electron chi connectivity index (χ0n) is 10.4. The van der Waals surface area contributed by atoms with Crippen LogP contribution < -0.4 is 16.4 Å². The molecule has 6 heteroatoms. The van der Waals surface area contributed by atoms with Crippen molar-refractivity contribution in [2.24, 2.45) is 5.92 Å². The van der Waals surface area contributed by atoms with E-state index >= 15 is 0 Å². The summed E-state index contributed by atoms with van der Waals surface area (Å²) in [6.45, 7) is 0.704. The lowest BCUT2D eigenvalue weighted by molar-refractivity contribution is 0.0951. The van der Waals surface area contributed by atoms with E-state index < -0.39 is 0 Å². The molecule has 1 atom stereocenters. The molecule has 4 N–H and O–H groups in total. The third kappa shape index (κ3) is 3.01. The van der Waals surface area contributed by atoms with Crippen LogP contribution in [0.15, 0.2) is 12.2 Å². The maximum atomic E-state index is 12.0. The van der Waals surface area contributed by atoms with E-state index in [1.54, 1.807) is 7.05 Å². The molecule has 0 spiro atoms. The summed E-state index contributed by atoms with van der Waals surface area (Å²) in [7, 11) is 1.76. The van der Waals surface area contributed by atoms with Crippen LogP contribution in [-0.2, 0) is 0 Å². The zero-order chi connectivity index (χ0) is 13.0. The van der Waals surface area contributed by atoms with Gasteiger partial charge in [-0.15, -0.1) is 0 Å². The molecule has 5 nitrogen and oxygen atoms in total. The summed E-state index contributed by atoms with van der Waals surface area (Å²) in [6.07, 6.45) is 7.66. The van der Waals surface area contributed by atoms with E-state index in [1.165, 1.54) is 11.3 Å². The van der Waals surface area contributed by atoms with Crippen molar-refractivity contribution in [2.45, 2.75) is 19.3 Å². The van der Waals surface area contributed by atoms with Gasteiger partial charge in [0.05, 0.1) is 0 Å². The zero-order valence-corrected chi connectivity index (χ0v) is 11.2. The summed E-state index contributed by atoms with van der Waals surface area (Å²) in [5.41, 5.74) is 5.71. The largest absolute Gasteiger partial charge is 0.382 e. The van der Waals surface area contributed by atoms with E-state index in [-0.39, 0.29) is 5.91 Å². The number of anilines is 2. The van der Waals surface area contributed by atoms with Gasteiger partial charge in [-0.3, -0.25) is 4.79 Å². The fourth-order valence-corrected chi connectivity index (χ4v) is 2.72. The number of nitrogens with two attached hydrogens (primary N) is 1. The first-order valence-corrected chi connectivity index (χ1v) is 6.89. The number of nitrogen functional groups attached to an aromatic ring is 1. The standard InChI is InChI=1S/C12H18N4OS/c1-14-12-16-10(13)9(18-12)11(17)15-7-8-5-3-2-4-6-8/h2-3,8H,4-7,13H2,1H3,(H,14,16)(H,15,17). The lowest BCUT2D eigenvalue weighted by Crippen LogP contribution is -2.29. The second-order valence-corrected chi connectivity index (χ2v) is 5.34. The van der Waals surface area contributed by atoms with Crippen molar-refractivity contribution in [1.82, 2.24) is 10.3 Å². The molecule has 2 rings (SSSR count). The van der Waals surface area contributed by atoms with Gasteiger partial charge in [0.25, 0.3) is 5.91 Å². The number of amides is 1. The molecule has 0 saturated heterocycles. The highest BCUT2D eigenvalue weighted by Crippen LogP contribution is 2.24. The molecule has 18 heavy (non-hydrogen) atoms. The van der Waals surface area contributed by atoms with Crippen LogP contribution in [0.5, 0.6) is 0 Å². The number of allylic oxidation sites excluding steroid dienone is 2. The number of aromatic nitrogens is 1. The second-order valence-electron chi connectivity index (χ2n) is 4.34. The topological polar surface area (TPSA) is 80.0 Å². The van der Waals surface area contributed by atoms with E-state index in [0.29, 0.717) is 28.3 Å². The molecule has 1 aliphatic rings. The van der Waals surface area contributed by atoms with E-state index in [1.807, 2.05) is 0 Å². The van der Waals surface area contributed by atoms with Crippen molar-refractivity contribution in [3.8, 4) is 0 Å². The Kier molecular flexibility index (Phi) is 4.19. The van der Waals surface area contributed by atoms with E-state index in [2.05, 4.69) is 27.8 Å². The molecule has 0 bridgehead atoms. The van der Waals surface area contributed by atoms with Crippen molar-refractivity contribution >= 4 is 28.2 Å². The highest BCUT2D eigenvalue weighted by Gasteiger charge is 2.17. The van der Waals surface area contributed by atoms with E-state index in [4.69, 9.17) is 5.73 Å². The third-order valence-electron chi connectivity index (χ3n) is 3.00. The van der Waals surface area contributed by atoms with Gasteiger partial charge < -0.3 is 16.4 Å². The fourth-order valence-electron chi connectivity index (χ4n) is 1.96. The Labute approximate surface area is 110 Å². The third-order valence-corrected chi connectivity index (χ3v) is 4.09. The number of carbonyl (C=O) groups excluding carboxylic acids is 1. The maximum absolute atomic E-state index is 12.0. The Balaban J connectivity index is 1.90. The molecule has 0 radical (unpaired) electrons. The van der Waals surface area contributed by atoms with Crippen LogP contribution in [0, 0.1) is 5.92 Å². The predicted molar refractivity (Wildman–Crippen MR) is 74.9 cm³/mol. The summed E-state index contributed by atoms with van der Waals surface area (Å²) in [5.74, 6) is 0.711. The highest BCUT2D eigenvalue weighted by atomic mass is 32.1. The number of thiazole rings is 1. The Morgan fingerprint density at radius 2 is 2.44 bits per heavy atom. The average molecular weight is 266 g/mol. The van der Waals surface area contributed by atoms with Crippen molar-refractivity contribution in [2.75, 3.05) is 24.6 Å². The number of hydrogen-bond acceptors (Lipinski definition) is 5. The molecule has 1 unspecified atom stereocenters. The van der Waals surface area contributed by atoms with E-state index in [0.717, 1.165) is 19.3 Å². The Hall–Kier alpha value is -1.56. The fraction of sp³-hybridized carbons (Fsp3) is 0.500. The molecule has 1 amide bonds. The molecule has 0 fully saturated rings. The number of rotatable bonds is 4. The van der Waals surface area contributed by atoms with Gasteiger partial charge in [-0.2, -0.15) is 0 Å². The first-order chi connectivity index (χ1) is 8.70. The smallest absolute Gasteiger partial charge is 0.265 e. The molecule has 1 heterocycles. The number of nitrogens with zero attached hydrogens (tertiary/aromatic N) is 1. The monoisotopic (exact) mass is 266 g/mol. The molecule has 0 aromatic carbocycles. The van der Waals surface area contributed by atoms with Crippen LogP contribution in [0.3, 0.4) is 0 Å². The maximum Gasteiger partial charge on any atom is 0.265 e. The van der Waals surface area contributed by atoms with Crippen molar-refractivity contribution < 1.29 is 4.79 Å². The average Bonchev–Trinajstić information content (AvgIpc) is 2.78. The van der Waals surface area contributed by atoms with Gasteiger partial charge in [-0.25, -0.2) is 4.98 Å². The van der Waals surface area contributed by atoms with Crippen molar-refractivity contribution in [3.05, 3.63) is 17.0 Å². The molecular formula is C12H18N4OS. The summed E-state index contributed by atoms with van der Waals surface area (Å²) in [5, 5.41) is 6.49. The van der Waals surface area contributed by atoms with Crippen LogP contribution >= 0.6 is 11.3 Å². The van der Waals surface area contributed by atoms with Gasteiger partial charge in [-0.1, -0.05) is 23.5 Å². The lowest BCUT2D eigenvalue weighted by atomic mass is 9.94. The summed E-state index contributed by atoms with van der Waals surface area (Å²) >= 11 is 1.28. The quantitative estimate of drug-likeness (QED) is 0.727. The van der Waals surface area contributed by atoms with Crippen LogP contribution in [0.4, 0.5) is 10.9 Å². The summed E-state index contributed by atoms with van der Waals surface area (Å²) in [4.78, 5) is 16.5. The van der Waals surface area contributed by atoms with Crippen LogP contribution in [0.25, 0.3) is 0 Å². The summed E-state index contributed by atoms with van der Waals surface area (Å²) < 4.78 is 0. The predicted octanol–water partition coefficient (Wildman–Crippen LogP) is 1.85. The first kappa shape index (κ1) is 12.9. The molecule has 1 aromatic heterocycles. The molecule has 1 aromatic rings. The lowest BCUT2D eigenvalue weighted by Gasteiger charge is -2.17. The van der Waals surface area contributed by atoms with Crippen LogP contribution in [0.2, 0.25) is 0 Å². The SMILES string of the molecule is CNc1nc(N)c(C(=O)NCC2CC=CCC2)s1. The molecule has 0 saturated carbocycles. The van der Waals surface area contributed by atoms with Gasteiger partial charge in [0, 0.05) is 13.6 Å². The van der Waals surface area contributed by atoms with E-state index in [9.17, 15) is 4.79 Å². The molecule has 98 valence electrons. The summed E-state index contributed by atoms with van der Waals surface area (Å²) in [6, 6.07) is 0. The minimum absolute atomic E-state index is 0.124. The molecular weight excluding hydrogens is 248 g/mol. The number of carbonyl (C=O) groups is 1. The molecule has 1 aliphatic carbocycles. The van der Waals surface area contributed by atoms with Gasteiger partial charge in [-0.05, 0) is 25.2 Å². The van der Waals surface area contributed by atoms with Gasteiger partial charge in [0.1, 0.15) is 10.7 Å². The minimum atomic E-state index is -0.124. The normalized spacial score (nSPS) is 18.6. The second kappa shape index (κ2) is 5.86. The number of nitrogens with one attached hydrogen (secondary N) is 2. The van der Waals surface area contributed by atoms with Crippen LogP contribution in [-0.4, -0.2) is 24.5 Å². The Morgan fingerprint density at radius 3 is 3.06 bits per heavy atom. The van der Waals surface area contributed by atoms with Crippen molar-refractivity contribution in [1.29, 1.82) is 0 Å². The van der Waals surface area contributed by atoms with Crippen molar-refractivity contribution in [3.63, 3.8) is 0 Å². The molecule has 0 aliphatic heterocycles.